The summed E-state index contributed by atoms with van der Waals surface area (Å²) in [5.41, 5.74) is 1.02. The largest absolute Gasteiger partial charge is 0.381 e. The Labute approximate surface area is 94.8 Å². The number of hydrogen-bond donors (Lipinski definition) is 0. The Bertz CT molecular complexity index is 337. The fourth-order valence-corrected chi connectivity index (χ4v) is 2.01. The first-order valence-electron chi connectivity index (χ1n) is 5.38. The lowest BCUT2D eigenvalue weighted by Crippen LogP contribution is -2.08. The van der Waals surface area contributed by atoms with Crippen LogP contribution in [-0.4, -0.2) is 23.2 Å². The van der Waals surface area contributed by atoms with Gasteiger partial charge in [-0.25, -0.2) is 9.97 Å². The number of rotatable bonds is 3. The van der Waals surface area contributed by atoms with Gasteiger partial charge in [-0.1, -0.05) is 18.5 Å². The highest BCUT2D eigenvalue weighted by atomic mass is 35.5. The van der Waals surface area contributed by atoms with Gasteiger partial charge in [-0.05, 0) is 24.8 Å². The Hall–Kier alpha value is -0.670. The van der Waals surface area contributed by atoms with Crippen molar-refractivity contribution < 1.29 is 4.74 Å². The van der Waals surface area contributed by atoms with Crippen LogP contribution in [0.4, 0.5) is 0 Å². The van der Waals surface area contributed by atoms with E-state index in [0.717, 1.165) is 44.0 Å². The maximum Gasteiger partial charge on any atom is 0.133 e. The zero-order valence-electron chi connectivity index (χ0n) is 8.87. The molecule has 0 aliphatic carbocycles. The molecular weight excluding hydrogens is 212 g/mol. The van der Waals surface area contributed by atoms with Crippen molar-refractivity contribution in [2.45, 2.75) is 26.2 Å². The minimum Gasteiger partial charge on any atom is -0.381 e. The van der Waals surface area contributed by atoms with Gasteiger partial charge < -0.3 is 4.74 Å². The molecule has 1 aliphatic rings. The van der Waals surface area contributed by atoms with Crippen molar-refractivity contribution in [2.24, 2.45) is 5.92 Å². The van der Waals surface area contributed by atoms with E-state index >= 15 is 0 Å². The van der Waals surface area contributed by atoms with Crippen molar-refractivity contribution in [1.82, 2.24) is 9.97 Å². The summed E-state index contributed by atoms with van der Waals surface area (Å²) in [7, 11) is 0. The summed E-state index contributed by atoms with van der Waals surface area (Å²) in [5.74, 6) is 1.42. The minimum absolute atomic E-state index is 0.552. The van der Waals surface area contributed by atoms with Gasteiger partial charge in [0.05, 0.1) is 0 Å². The molecule has 2 heterocycles. The predicted octanol–water partition coefficient (Wildman–Crippen LogP) is 2.27. The first kappa shape index (κ1) is 10.8. The molecule has 1 atom stereocenters. The lowest BCUT2D eigenvalue weighted by Gasteiger charge is -2.07. The molecule has 0 aromatic carbocycles. The Morgan fingerprint density at radius 3 is 3.07 bits per heavy atom. The molecule has 1 saturated heterocycles. The third kappa shape index (κ3) is 2.89. The van der Waals surface area contributed by atoms with Gasteiger partial charge in [-0.15, -0.1) is 0 Å². The summed E-state index contributed by atoms with van der Waals surface area (Å²) < 4.78 is 5.33. The van der Waals surface area contributed by atoms with Crippen LogP contribution in [0.15, 0.2) is 6.07 Å². The molecule has 0 saturated carbocycles. The Kier molecular flexibility index (Phi) is 3.54. The van der Waals surface area contributed by atoms with Crippen molar-refractivity contribution in [3.05, 3.63) is 22.7 Å². The molecule has 0 spiro atoms. The molecule has 0 radical (unpaired) electrons. The highest BCUT2D eigenvalue weighted by Crippen LogP contribution is 2.17. The average Bonchev–Trinajstić information content (AvgIpc) is 2.69. The number of aromatic nitrogens is 2. The van der Waals surface area contributed by atoms with E-state index in [1.54, 1.807) is 0 Å². The second kappa shape index (κ2) is 4.90. The first-order valence-corrected chi connectivity index (χ1v) is 5.76. The van der Waals surface area contributed by atoms with Crippen molar-refractivity contribution >= 4 is 11.6 Å². The summed E-state index contributed by atoms with van der Waals surface area (Å²) in [5, 5.41) is 0.552. The van der Waals surface area contributed by atoms with Crippen molar-refractivity contribution in [3.8, 4) is 0 Å². The minimum atomic E-state index is 0.552. The molecule has 0 N–H and O–H groups in total. The Morgan fingerprint density at radius 2 is 2.40 bits per heavy atom. The van der Waals surface area contributed by atoms with Gasteiger partial charge in [0.25, 0.3) is 0 Å². The quantitative estimate of drug-likeness (QED) is 0.742. The summed E-state index contributed by atoms with van der Waals surface area (Å²) in [4.78, 5) is 8.71. The molecule has 1 aromatic rings. The molecule has 0 amide bonds. The van der Waals surface area contributed by atoms with E-state index in [-0.39, 0.29) is 0 Å². The molecule has 1 unspecified atom stereocenters. The third-order valence-corrected chi connectivity index (χ3v) is 2.85. The van der Waals surface area contributed by atoms with Crippen LogP contribution in [0.2, 0.25) is 5.15 Å². The number of nitrogens with zero attached hydrogens (tertiary/aromatic N) is 2. The van der Waals surface area contributed by atoms with Crippen LogP contribution in [0, 0.1) is 5.92 Å². The smallest absolute Gasteiger partial charge is 0.133 e. The van der Waals surface area contributed by atoms with Gasteiger partial charge in [0, 0.05) is 25.3 Å². The molecule has 4 heteroatoms. The molecule has 1 fully saturated rings. The van der Waals surface area contributed by atoms with Crippen molar-refractivity contribution in [2.75, 3.05) is 13.2 Å². The molecule has 2 rings (SSSR count). The Morgan fingerprint density at radius 1 is 1.53 bits per heavy atom. The fraction of sp³-hybridized carbons (Fsp3) is 0.636. The molecule has 1 aromatic heterocycles. The normalized spacial score (nSPS) is 20.8. The third-order valence-electron chi connectivity index (χ3n) is 2.65. The number of hydrogen-bond acceptors (Lipinski definition) is 3. The Balaban J connectivity index is 2.09. The zero-order chi connectivity index (χ0) is 10.7. The summed E-state index contributed by atoms with van der Waals surface area (Å²) in [6, 6.07) is 1.83. The average molecular weight is 227 g/mol. The second-order valence-corrected chi connectivity index (χ2v) is 4.27. The van der Waals surface area contributed by atoms with E-state index in [1.165, 1.54) is 0 Å². The number of halogens is 1. The van der Waals surface area contributed by atoms with Crippen LogP contribution in [-0.2, 0) is 17.6 Å². The maximum atomic E-state index is 5.93. The number of aryl methyl sites for hydroxylation is 1. The summed E-state index contributed by atoms with van der Waals surface area (Å²) in [6.07, 6.45) is 2.89. The topological polar surface area (TPSA) is 35.0 Å². The second-order valence-electron chi connectivity index (χ2n) is 3.89. The zero-order valence-corrected chi connectivity index (χ0v) is 9.63. The van der Waals surface area contributed by atoms with E-state index in [0.29, 0.717) is 11.1 Å². The lowest BCUT2D eigenvalue weighted by atomic mass is 10.0. The van der Waals surface area contributed by atoms with E-state index in [4.69, 9.17) is 16.3 Å². The fourth-order valence-electron chi connectivity index (χ4n) is 1.79. The summed E-state index contributed by atoms with van der Waals surface area (Å²) in [6.45, 7) is 3.77. The molecule has 3 nitrogen and oxygen atoms in total. The molecule has 82 valence electrons. The molecule has 0 bridgehead atoms. The first-order chi connectivity index (χ1) is 7.28. The predicted molar refractivity (Wildman–Crippen MR) is 59.1 cm³/mol. The highest BCUT2D eigenvalue weighted by Gasteiger charge is 2.17. The monoisotopic (exact) mass is 226 g/mol. The van der Waals surface area contributed by atoms with Gasteiger partial charge >= 0.3 is 0 Å². The van der Waals surface area contributed by atoms with E-state index in [2.05, 4.69) is 16.9 Å². The molecule has 1 aliphatic heterocycles. The van der Waals surface area contributed by atoms with Gasteiger partial charge in [-0.2, -0.15) is 0 Å². The van der Waals surface area contributed by atoms with Crippen LogP contribution in [0.1, 0.15) is 24.9 Å². The highest BCUT2D eigenvalue weighted by molar-refractivity contribution is 6.29. The molecular formula is C11H15ClN2O. The van der Waals surface area contributed by atoms with Crippen LogP contribution >= 0.6 is 11.6 Å². The van der Waals surface area contributed by atoms with Gasteiger partial charge in [0.2, 0.25) is 0 Å². The standard InChI is InChI=1S/C11H15ClN2O/c1-2-9-6-10(12)14-11(13-9)5-8-3-4-15-7-8/h6,8H,2-5,7H2,1H3. The van der Waals surface area contributed by atoms with Gasteiger partial charge in [0.1, 0.15) is 11.0 Å². The van der Waals surface area contributed by atoms with Gasteiger partial charge in [0.15, 0.2) is 0 Å². The van der Waals surface area contributed by atoms with Crippen molar-refractivity contribution in [3.63, 3.8) is 0 Å². The van der Waals surface area contributed by atoms with Crippen LogP contribution in [0.5, 0.6) is 0 Å². The van der Waals surface area contributed by atoms with E-state index < -0.39 is 0 Å². The van der Waals surface area contributed by atoms with E-state index in [1.807, 2.05) is 6.07 Å². The van der Waals surface area contributed by atoms with Crippen LogP contribution < -0.4 is 0 Å². The summed E-state index contributed by atoms with van der Waals surface area (Å²) >= 11 is 5.93. The SMILES string of the molecule is CCc1cc(Cl)nc(CC2CCOC2)n1. The lowest BCUT2D eigenvalue weighted by molar-refractivity contribution is 0.185. The van der Waals surface area contributed by atoms with Crippen LogP contribution in [0.3, 0.4) is 0 Å². The maximum absolute atomic E-state index is 5.93. The number of ether oxygens (including phenoxy) is 1. The van der Waals surface area contributed by atoms with E-state index in [9.17, 15) is 0 Å². The van der Waals surface area contributed by atoms with Crippen molar-refractivity contribution in [1.29, 1.82) is 0 Å². The van der Waals surface area contributed by atoms with Gasteiger partial charge in [-0.3, -0.25) is 0 Å². The van der Waals surface area contributed by atoms with Crippen LogP contribution in [0.25, 0.3) is 0 Å². The molecule has 15 heavy (non-hydrogen) atoms.